The predicted molar refractivity (Wildman–Crippen MR) is 94.7 cm³/mol. The molecule has 0 aliphatic carbocycles. The van der Waals surface area contributed by atoms with E-state index in [2.05, 4.69) is 5.32 Å². The molecule has 0 amide bonds. The lowest BCUT2D eigenvalue weighted by molar-refractivity contribution is -0.136. The molecule has 2 aromatic rings. The minimum Gasteiger partial charge on any atom is -0.382 e. The highest BCUT2D eigenvalue weighted by atomic mass is 35.5. The molecule has 0 saturated carbocycles. The van der Waals surface area contributed by atoms with Crippen LogP contribution in [0.25, 0.3) is 0 Å². The van der Waals surface area contributed by atoms with Gasteiger partial charge >= 0.3 is 0 Å². The van der Waals surface area contributed by atoms with Crippen LogP contribution in [0.15, 0.2) is 42.5 Å². The van der Waals surface area contributed by atoms with Crippen LogP contribution in [-0.4, -0.2) is 30.8 Å². The van der Waals surface area contributed by atoms with Gasteiger partial charge in [-0.1, -0.05) is 23.7 Å². The average molecular weight is 364 g/mol. The van der Waals surface area contributed by atoms with E-state index in [4.69, 9.17) is 21.1 Å². The fraction of sp³-hybridized carbons (Fsp3) is 0.316. The van der Waals surface area contributed by atoms with E-state index in [9.17, 15) is 9.18 Å². The van der Waals surface area contributed by atoms with E-state index in [1.807, 2.05) is 13.8 Å². The maximum absolute atomic E-state index is 14.0. The van der Waals surface area contributed by atoms with Crippen LogP contribution in [0, 0.1) is 5.82 Å². The number of carbonyl (C=O) groups excluding carboxylic acids is 1. The second kappa shape index (κ2) is 7.12. The van der Waals surface area contributed by atoms with Gasteiger partial charge in [0.25, 0.3) is 0 Å². The van der Waals surface area contributed by atoms with Gasteiger partial charge in [0.1, 0.15) is 11.9 Å². The Morgan fingerprint density at radius 2 is 2.04 bits per heavy atom. The van der Waals surface area contributed by atoms with Gasteiger partial charge in [-0.3, -0.25) is 4.79 Å². The maximum Gasteiger partial charge on any atom is 0.198 e. The zero-order chi connectivity index (χ0) is 18.0. The molecule has 1 aliphatic rings. The van der Waals surface area contributed by atoms with E-state index in [1.54, 1.807) is 24.3 Å². The molecule has 132 valence electrons. The smallest absolute Gasteiger partial charge is 0.198 e. The van der Waals surface area contributed by atoms with Gasteiger partial charge < -0.3 is 14.8 Å². The van der Waals surface area contributed by atoms with Gasteiger partial charge in [0.2, 0.25) is 0 Å². The maximum atomic E-state index is 14.0. The Morgan fingerprint density at radius 1 is 1.28 bits per heavy atom. The highest BCUT2D eigenvalue weighted by molar-refractivity contribution is 6.31. The van der Waals surface area contributed by atoms with Gasteiger partial charge in [-0.2, -0.15) is 0 Å². The van der Waals surface area contributed by atoms with Crippen molar-refractivity contribution < 1.29 is 18.7 Å². The van der Waals surface area contributed by atoms with Crippen molar-refractivity contribution in [2.75, 3.05) is 18.5 Å². The van der Waals surface area contributed by atoms with E-state index in [0.717, 1.165) is 0 Å². The second-order valence-corrected chi connectivity index (χ2v) is 6.77. The molecule has 25 heavy (non-hydrogen) atoms. The second-order valence-electron chi connectivity index (χ2n) is 6.33. The Labute approximate surface area is 150 Å². The normalized spacial score (nSPS) is 19.0. The highest BCUT2D eigenvalue weighted by Gasteiger charge is 2.32. The van der Waals surface area contributed by atoms with Gasteiger partial charge in [-0.25, -0.2) is 4.39 Å². The molecule has 3 rings (SSSR count). The third-order valence-corrected chi connectivity index (χ3v) is 4.17. The minimum absolute atomic E-state index is 0.00870. The summed E-state index contributed by atoms with van der Waals surface area (Å²) in [7, 11) is 0. The summed E-state index contributed by atoms with van der Waals surface area (Å²) in [6, 6.07) is 10.8. The van der Waals surface area contributed by atoms with Crippen molar-refractivity contribution in [3.8, 4) is 0 Å². The summed E-state index contributed by atoms with van der Waals surface area (Å²) < 4.78 is 25.2. The Morgan fingerprint density at radius 3 is 2.72 bits per heavy atom. The molecule has 1 atom stereocenters. The molecule has 2 aromatic carbocycles. The zero-order valence-electron chi connectivity index (χ0n) is 14.0. The van der Waals surface area contributed by atoms with Crippen LogP contribution in [0.3, 0.4) is 0 Å². The van der Waals surface area contributed by atoms with Crippen LogP contribution in [0.2, 0.25) is 5.02 Å². The molecule has 6 heteroatoms. The van der Waals surface area contributed by atoms with E-state index in [0.29, 0.717) is 29.4 Å². The first-order chi connectivity index (χ1) is 11.9. The molecule has 0 spiro atoms. The molecule has 0 radical (unpaired) electrons. The molecule has 1 unspecified atom stereocenters. The van der Waals surface area contributed by atoms with Crippen molar-refractivity contribution >= 4 is 23.1 Å². The lowest BCUT2D eigenvalue weighted by Gasteiger charge is -2.18. The first-order valence-corrected chi connectivity index (χ1v) is 8.38. The zero-order valence-corrected chi connectivity index (χ0v) is 14.8. The number of nitrogens with one attached hydrogen (secondary N) is 1. The predicted octanol–water partition coefficient (Wildman–Crippen LogP) is 4.27. The van der Waals surface area contributed by atoms with Crippen LogP contribution in [-0.2, 0) is 9.47 Å². The Balaban J connectivity index is 1.81. The van der Waals surface area contributed by atoms with Crippen molar-refractivity contribution in [3.05, 3.63) is 64.4 Å². The van der Waals surface area contributed by atoms with E-state index in [-0.39, 0.29) is 11.7 Å². The quantitative estimate of drug-likeness (QED) is 0.806. The number of hydrogen-bond donors (Lipinski definition) is 1. The first-order valence-electron chi connectivity index (χ1n) is 8.00. The van der Waals surface area contributed by atoms with Crippen LogP contribution >= 0.6 is 11.6 Å². The van der Waals surface area contributed by atoms with Gasteiger partial charge in [-0.05, 0) is 44.2 Å². The largest absolute Gasteiger partial charge is 0.382 e. The van der Waals surface area contributed by atoms with Crippen LogP contribution < -0.4 is 5.32 Å². The van der Waals surface area contributed by atoms with E-state index < -0.39 is 17.4 Å². The molecule has 4 nitrogen and oxygen atoms in total. The van der Waals surface area contributed by atoms with Gasteiger partial charge in [0.05, 0.1) is 12.2 Å². The van der Waals surface area contributed by atoms with Crippen LogP contribution in [0.5, 0.6) is 0 Å². The molecule has 0 aromatic heterocycles. The third kappa shape index (κ3) is 4.18. The number of ether oxygens (including phenoxy) is 2. The molecule has 1 heterocycles. The SMILES string of the molecule is CC1(C)OCC(CNc2ccc(Cl)cc2C(=O)c2ccccc2F)O1. The van der Waals surface area contributed by atoms with Crippen LogP contribution in [0.1, 0.15) is 29.8 Å². The minimum atomic E-state index is -0.613. The topological polar surface area (TPSA) is 47.6 Å². The first kappa shape index (κ1) is 17.9. The molecule has 0 bridgehead atoms. The monoisotopic (exact) mass is 363 g/mol. The molecule has 1 aliphatic heterocycles. The highest BCUT2D eigenvalue weighted by Crippen LogP contribution is 2.26. The fourth-order valence-corrected chi connectivity index (χ4v) is 2.91. The van der Waals surface area contributed by atoms with E-state index >= 15 is 0 Å². The summed E-state index contributed by atoms with van der Waals surface area (Å²) in [4.78, 5) is 12.7. The number of benzene rings is 2. The Bertz CT molecular complexity index is 794. The number of rotatable bonds is 5. The molecular formula is C19H19ClFNO3. The molecule has 1 N–H and O–H groups in total. The average Bonchev–Trinajstić information content (AvgIpc) is 2.92. The summed E-state index contributed by atoms with van der Waals surface area (Å²) in [5.74, 6) is -1.60. The van der Waals surface area contributed by atoms with Crippen molar-refractivity contribution in [1.82, 2.24) is 0 Å². The van der Waals surface area contributed by atoms with Gasteiger partial charge in [0.15, 0.2) is 11.6 Å². The third-order valence-electron chi connectivity index (χ3n) is 3.93. The number of anilines is 1. The van der Waals surface area contributed by atoms with Gasteiger partial charge in [-0.15, -0.1) is 0 Å². The van der Waals surface area contributed by atoms with Gasteiger partial charge in [0, 0.05) is 22.8 Å². The summed E-state index contributed by atoms with van der Waals surface area (Å²) in [6.07, 6.45) is -0.137. The number of ketones is 1. The lowest BCUT2D eigenvalue weighted by Crippen LogP contribution is -2.26. The standard InChI is InChI=1S/C19H19ClFNO3/c1-19(2)24-11-13(25-19)10-22-17-8-7-12(20)9-15(17)18(23)14-5-3-4-6-16(14)21/h3-9,13,22H,10-11H2,1-2H3. The summed E-state index contributed by atoms with van der Waals surface area (Å²) in [5.41, 5.74) is 0.899. The molecule has 1 saturated heterocycles. The fourth-order valence-electron chi connectivity index (χ4n) is 2.74. The summed E-state index contributed by atoms with van der Waals surface area (Å²) >= 11 is 6.03. The lowest BCUT2D eigenvalue weighted by atomic mass is 10.0. The van der Waals surface area contributed by atoms with Crippen molar-refractivity contribution in [2.45, 2.75) is 25.7 Å². The Hall–Kier alpha value is -1.95. The number of carbonyl (C=O) groups is 1. The van der Waals surface area contributed by atoms with Crippen molar-refractivity contribution in [1.29, 1.82) is 0 Å². The number of hydrogen-bond acceptors (Lipinski definition) is 4. The summed E-state index contributed by atoms with van der Waals surface area (Å²) in [6.45, 7) is 4.62. The van der Waals surface area contributed by atoms with E-state index in [1.165, 1.54) is 18.2 Å². The summed E-state index contributed by atoms with van der Waals surface area (Å²) in [5, 5.41) is 3.59. The molecular weight excluding hydrogens is 345 g/mol. The van der Waals surface area contributed by atoms with Crippen LogP contribution in [0.4, 0.5) is 10.1 Å². The van der Waals surface area contributed by atoms with Crippen molar-refractivity contribution in [3.63, 3.8) is 0 Å². The molecule has 1 fully saturated rings. The Kier molecular flexibility index (Phi) is 5.08. The number of halogens is 2. The van der Waals surface area contributed by atoms with Crippen molar-refractivity contribution in [2.24, 2.45) is 0 Å².